The van der Waals surface area contributed by atoms with Gasteiger partial charge in [0, 0.05) is 12.1 Å². The number of alkyl halides is 3. The van der Waals surface area contributed by atoms with Gasteiger partial charge in [-0.05, 0) is 6.07 Å². The van der Waals surface area contributed by atoms with E-state index < -0.39 is 27.9 Å². The summed E-state index contributed by atoms with van der Waals surface area (Å²) in [5, 5.41) is 18.7. The first-order chi connectivity index (χ1) is 6.86. The highest BCUT2D eigenvalue weighted by Gasteiger charge is 2.34. The van der Waals surface area contributed by atoms with Crippen molar-refractivity contribution in [1.29, 1.82) is 5.26 Å². The van der Waals surface area contributed by atoms with Gasteiger partial charge in [0.05, 0.1) is 16.1 Å². The first kappa shape index (κ1) is 11.0. The molecule has 0 aliphatic carbocycles. The number of nitro groups is 1. The molecule has 15 heavy (non-hydrogen) atoms. The normalized spacial score (nSPS) is 10.8. The molecule has 0 spiro atoms. The third-order valence-corrected chi connectivity index (χ3v) is 1.64. The lowest BCUT2D eigenvalue weighted by Gasteiger charge is -2.07. The van der Waals surface area contributed by atoms with Gasteiger partial charge in [-0.2, -0.15) is 18.4 Å². The van der Waals surface area contributed by atoms with E-state index in [9.17, 15) is 23.3 Å². The van der Waals surface area contributed by atoms with Gasteiger partial charge in [0.25, 0.3) is 5.69 Å². The van der Waals surface area contributed by atoms with Crippen molar-refractivity contribution in [3.05, 3.63) is 39.4 Å². The lowest BCUT2D eigenvalue weighted by Crippen LogP contribution is -2.08. The minimum absolute atomic E-state index is 0.524. The monoisotopic (exact) mass is 216 g/mol. The van der Waals surface area contributed by atoms with Crippen molar-refractivity contribution >= 4 is 5.69 Å². The van der Waals surface area contributed by atoms with Crippen molar-refractivity contribution in [3.63, 3.8) is 0 Å². The highest BCUT2D eigenvalue weighted by Crippen LogP contribution is 2.33. The fourth-order valence-corrected chi connectivity index (χ4v) is 0.985. The minimum atomic E-state index is -4.68. The van der Waals surface area contributed by atoms with E-state index in [1.807, 2.05) is 0 Å². The third-order valence-electron chi connectivity index (χ3n) is 1.64. The van der Waals surface area contributed by atoms with Crippen LogP contribution in [0.3, 0.4) is 0 Å². The van der Waals surface area contributed by atoms with Gasteiger partial charge >= 0.3 is 6.18 Å². The van der Waals surface area contributed by atoms with Crippen LogP contribution in [-0.2, 0) is 6.18 Å². The molecular weight excluding hydrogens is 213 g/mol. The lowest BCUT2D eigenvalue weighted by atomic mass is 10.1. The quantitative estimate of drug-likeness (QED) is 0.534. The molecule has 1 rings (SSSR count). The molecule has 0 aliphatic rings. The first-order valence-electron chi connectivity index (χ1n) is 3.62. The van der Waals surface area contributed by atoms with Gasteiger partial charge < -0.3 is 0 Å². The highest BCUT2D eigenvalue weighted by molar-refractivity contribution is 5.47. The van der Waals surface area contributed by atoms with Gasteiger partial charge in [0.1, 0.15) is 6.07 Å². The summed E-state index contributed by atoms with van der Waals surface area (Å²) in [5.41, 5.74) is -2.47. The summed E-state index contributed by atoms with van der Waals surface area (Å²) in [7, 11) is 0. The number of halogens is 3. The SMILES string of the molecule is N#Cc1cc([N+](=O)[O-])ccc1C(F)(F)F. The zero-order valence-electron chi connectivity index (χ0n) is 7.08. The second-order valence-corrected chi connectivity index (χ2v) is 2.60. The highest BCUT2D eigenvalue weighted by atomic mass is 19.4. The fourth-order valence-electron chi connectivity index (χ4n) is 0.985. The zero-order chi connectivity index (χ0) is 11.6. The average molecular weight is 216 g/mol. The van der Waals surface area contributed by atoms with E-state index in [0.717, 1.165) is 0 Å². The van der Waals surface area contributed by atoms with E-state index in [0.29, 0.717) is 18.2 Å². The molecule has 7 heteroatoms. The maximum Gasteiger partial charge on any atom is 0.417 e. The maximum atomic E-state index is 12.2. The summed E-state index contributed by atoms with van der Waals surface area (Å²) in [4.78, 5) is 9.38. The van der Waals surface area contributed by atoms with E-state index >= 15 is 0 Å². The van der Waals surface area contributed by atoms with E-state index in [4.69, 9.17) is 5.26 Å². The molecule has 0 atom stereocenters. The first-order valence-corrected chi connectivity index (χ1v) is 3.62. The molecule has 0 bridgehead atoms. The molecule has 0 radical (unpaired) electrons. The molecule has 1 aromatic rings. The predicted molar refractivity (Wildman–Crippen MR) is 42.8 cm³/mol. The average Bonchev–Trinajstić information content (AvgIpc) is 2.15. The molecule has 0 aliphatic heterocycles. The summed E-state index contributed by atoms with van der Waals surface area (Å²) in [5.74, 6) is 0. The Labute approximate surface area is 81.7 Å². The van der Waals surface area contributed by atoms with Gasteiger partial charge in [-0.15, -0.1) is 0 Å². The van der Waals surface area contributed by atoms with Gasteiger partial charge in [-0.25, -0.2) is 0 Å². The number of benzene rings is 1. The molecule has 0 fully saturated rings. The van der Waals surface area contributed by atoms with Crippen molar-refractivity contribution in [2.75, 3.05) is 0 Å². The van der Waals surface area contributed by atoms with Crippen LogP contribution in [0.5, 0.6) is 0 Å². The molecule has 0 N–H and O–H groups in total. The zero-order valence-corrected chi connectivity index (χ0v) is 7.08. The summed E-state index contributed by atoms with van der Waals surface area (Å²) in [6.45, 7) is 0. The van der Waals surface area contributed by atoms with Crippen LogP contribution in [0, 0.1) is 21.4 Å². The number of non-ortho nitro benzene ring substituents is 1. The van der Waals surface area contributed by atoms with Crippen molar-refractivity contribution in [2.45, 2.75) is 6.18 Å². The Hall–Kier alpha value is -2.10. The van der Waals surface area contributed by atoms with Crippen LogP contribution in [0.25, 0.3) is 0 Å². The van der Waals surface area contributed by atoms with Crippen LogP contribution >= 0.6 is 0 Å². The number of hydrogen-bond acceptors (Lipinski definition) is 3. The van der Waals surface area contributed by atoms with Crippen LogP contribution in [0.1, 0.15) is 11.1 Å². The van der Waals surface area contributed by atoms with Gasteiger partial charge in [0.15, 0.2) is 0 Å². The Morgan fingerprint density at radius 2 is 2.00 bits per heavy atom. The second-order valence-electron chi connectivity index (χ2n) is 2.60. The van der Waals surface area contributed by atoms with Crippen molar-refractivity contribution < 1.29 is 18.1 Å². The fraction of sp³-hybridized carbons (Fsp3) is 0.125. The number of nitrogens with zero attached hydrogens (tertiary/aromatic N) is 2. The largest absolute Gasteiger partial charge is 0.417 e. The summed E-state index contributed by atoms with van der Waals surface area (Å²) in [6.07, 6.45) is -4.68. The number of rotatable bonds is 1. The Morgan fingerprint density at radius 3 is 2.40 bits per heavy atom. The molecule has 0 unspecified atom stereocenters. The van der Waals surface area contributed by atoms with E-state index in [2.05, 4.69) is 0 Å². The van der Waals surface area contributed by atoms with Gasteiger partial charge in [0.2, 0.25) is 0 Å². The topological polar surface area (TPSA) is 66.9 Å². The maximum absolute atomic E-state index is 12.2. The second kappa shape index (κ2) is 3.57. The molecule has 1 aromatic carbocycles. The van der Waals surface area contributed by atoms with Gasteiger partial charge in [-0.1, -0.05) is 0 Å². The predicted octanol–water partition coefficient (Wildman–Crippen LogP) is 2.49. The van der Waals surface area contributed by atoms with Crippen LogP contribution in [0.15, 0.2) is 18.2 Å². The molecule has 0 heterocycles. The van der Waals surface area contributed by atoms with Crippen molar-refractivity contribution in [3.8, 4) is 6.07 Å². The molecule has 0 amide bonds. The molecule has 0 saturated heterocycles. The Balaban J connectivity index is 3.36. The van der Waals surface area contributed by atoms with Gasteiger partial charge in [-0.3, -0.25) is 10.1 Å². The minimum Gasteiger partial charge on any atom is -0.258 e. The standard InChI is InChI=1S/C8H3F3N2O2/c9-8(10,11)7-2-1-6(13(14)15)3-5(7)4-12/h1-3H. The van der Waals surface area contributed by atoms with Crippen molar-refractivity contribution in [1.82, 2.24) is 0 Å². The molecular formula is C8H3F3N2O2. The summed E-state index contributed by atoms with van der Waals surface area (Å²) < 4.78 is 36.7. The van der Waals surface area contributed by atoms with Crippen LogP contribution in [0.4, 0.5) is 18.9 Å². The number of nitriles is 1. The molecule has 78 valence electrons. The summed E-state index contributed by atoms with van der Waals surface area (Å²) in [6, 6.07) is 3.11. The Kier molecular flexibility index (Phi) is 2.61. The van der Waals surface area contributed by atoms with E-state index in [1.165, 1.54) is 6.07 Å². The van der Waals surface area contributed by atoms with Crippen LogP contribution in [0.2, 0.25) is 0 Å². The van der Waals surface area contributed by atoms with Crippen LogP contribution < -0.4 is 0 Å². The molecule has 0 saturated carbocycles. The number of hydrogen-bond donors (Lipinski definition) is 0. The number of nitro benzene ring substituents is 1. The lowest BCUT2D eigenvalue weighted by molar-refractivity contribution is -0.384. The third kappa shape index (κ3) is 2.22. The Morgan fingerprint density at radius 1 is 1.40 bits per heavy atom. The van der Waals surface area contributed by atoms with E-state index in [1.54, 1.807) is 0 Å². The summed E-state index contributed by atoms with van der Waals surface area (Å²) >= 11 is 0. The smallest absolute Gasteiger partial charge is 0.258 e. The van der Waals surface area contributed by atoms with E-state index in [-0.39, 0.29) is 0 Å². The van der Waals surface area contributed by atoms with Crippen LogP contribution in [-0.4, -0.2) is 4.92 Å². The molecule has 4 nitrogen and oxygen atoms in total. The van der Waals surface area contributed by atoms with Crippen molar-refractivity contribution in [2.24, 2.45) is 0 Å². The Bertz CT molecular complexity index is 448. The molecule has 0 aromatic heterocycles.